The smallest absolute Gasteiger partial charge is 0.115 e. The molecule has 0 heterocycles. The van der Waals surface area contributed by atoms with Crippen LogP contribution < -0.4 is 11.1 Å². The average Bonchev–Trinajstić information content (AvgIpc) is 2.93. The van der Waals surface area contributed by atoms with Crippen molar-refractivity contribution in [2.45, 2.75) is 64.2 Å². The van der Waals surface area contributed by atoms with Crippen LogP contribution in [0.1, 0.15) is 80.9 Å². The third-order valence-electron chi connectivity index (χ3n) is 6.93. The number of rotatable bonds is 17. The highest BCUT2D eigenvalue weighted by atomic mass is 16.3. The van der Waals surface area contributed by atoms with Gasteiger partial charge in [-0.15, -0.1) is 0 Å². The Balaban J connectivity index is 1.65. The third kappa shape index (κ3) is 9.88. The van der Waals surface area contributed by atoms with E-state index in [-0.39, 0.29) is 17.2 Å². The van der Waals surface area contributed by atoms with Crippen LogP contribution in [0.25, 0.3) is 11.1 Å². The van der Waals surface area contributed by atoms with Gasteiger partial charge in [-0.25, -0.2) is 0 Å². The Bertz CT molecular complexity index is 1040. The number of benzene rings is 3. The molecule has 3 aromatic rings. The lowest BCUT2D eigenvalue weighted by molar-refractivity contribution is 0.474. The second-order valence-electron chi connectivity index (χ2n) is 9.96. The van der Waals surface area contributed by atoms with Crippen LogP contribution in [0, 0.1) is 0 Å². The summed E-state index contributed by atoms with van der Waals surface area (Å²) >= 11 is 0. The zero-order valence-electron chi connectivity index (χ0n) is 22.5. The highest BCUT2D eigenvalue weighted by Crippen LogP contribution is 2.37. The molecule has 3 rings (SSSR count). The molecule has 6 N–H and O–H groups in total. The van der Waals surface area contributed by atoms with E-state index in [0.29, 0.717) is 6.54 Å². The number of phenols is 3. The Labute approximate surface area is 228 Å². The number of phenolic OH excluding ortho intramolecular Hbond substituents is 3. The minimum Gasteiger partial charge on any atom is -0.508 e. The zero-order valence-corrected chi connectivity index (χ0v) is 22.5. The van der Waals surface area contributed by atoms with Gasteiger partial charge in [0.1, 0.15) is 17.2 Å². The molecule has 38 heavy (non-hydrogen) atoms. The van der Waals surface area contributed by atoms with Gasteiger partial charge in [-0.3, -0.25) is 0 Å². The van der Waals surface area contributed by atoms with Crippen LogP contribution in [-0.2, 0) is 0 Å². The molecule has 5 heteroatoms. The van der Waals surface area contributed by atoms with Gasteiger partial charge in [0, 0.05) is 13.1 Å². The fourth-order valence-electron chi connectivity index (χ4n) is 4.86. The Morgan fingerprint density at radius 1 is 0.500 bits per heavy atom. The molecule has 0 fully saturated rings. The van der Waals surface area contributed by atoms with Crippen molar-refractivity contribution in [2.24, 2.45) is 5.73 Å². The molecule has 0 aliphatic rings. The lowest BCUT2D eigenvalue weighted by Crippen LogP contribution is -2.23. The van der Waals surface area contributed by atoms with Gasteiger partial charge in [-0.2, -0.15) is 0 Å². The normalized spacial score (nSPS) is 11.0. The number of nitrogens with two attached hydrogens (primary N) is 1. The molecule has 3 aromatic carbocycles. The van der Waals surface area contributed by atoms with Crippen molar-refractivity contribution < 1.29 is 15.3 Å². The number of nitrogens with one attached hydrogen (secondary N) is 1. The van der Waals surface area contributed by atoms with Crippen LogP contribution in [0.15, 0.2) is 72.8 Å². The van der Waals surface area contributed by atoms with Gasteiger partial charge >= 0.3 is 0 Å². The summed E-state index contributed by atoms with van der Waals surface area (Å²) in [4.78, 5) is 0. The van der Waals surface area contributed by atoms with E-state index in [1.165, 1.54) is 56.9 Å². The number of allylic oxidation sites excluding steroid dienone is 1. The van der Waals surface area contributed by atoms with Crippen molar-refractivity contribution in [1.29, 1.82) is 0 Å². The van der Waals surface area contributed by atoms with E-state index < -0.39 is 0 Å². The largest absolute Gasteiger partial charge is 0.508 e. The van der Waals surface area contributed by atoms with Gasteiger partial charge in [-0.05, 0) is 90.0 Å². The molecule has 204 valence electrons. The molecule has 5 nitrogen and oxygen atoms in total. The van der Waals surface area contributed by atoms with E-state index in [1.54, 1.807) is 36.4 Å². The van der Waals surface area contributed by atoms with Gasteiger partial charge in [0.25, 0.3) is 0 Å². The Hall–Kier alpha value is -3.28. The summed E-state index contributed by atoms with van der Waals surface area (Å²) < 4.78 is 0. The van der Waals surface area contributed by atoms with Gasteiger partial charge in [-0.1, -0.05) is 81.3 Å². The SMILES string of the molecule is NCCNCCCCCCCCCCCC(=C(c1ccc(O)cc1)c1ccc(O)cc1)c1ccc(O)cc1. The predicted molar refractivity (Wildman–Crippen MR) is 158 cm³/mol. The van der Waals surface area contributed by atoms with E-state index in [4.69, 9.17) is 5.73 Å². The number of hydrogen-bond donors (Lipinski definition) is 5. The lowest BCUT2D eigenvalue weighted by atomic mass is 9.86. The van der Waals surface area contributed by atoms with E-state index in [9.17, 15) is 15.3 Å². The van der Waals surface area contributed by atoms with Crippen molar-refractivity contribution in [3.8, 4) is 17.2 Å². The molecular weight excluding hydrogens is 472 g/mol. The maximum Gasteiger partial charge on any atom is 0.115 e. The zero-order chi connectivity index (χ0) is 27.0. The summed E-state index contributed by atoms with van der Waals surface area (Å²) in [6.45, 7) is 2.69. The highest BCUT2D eigenvalue weighted by molar-refractivity contribution is 5.98. The molecule has 0 radical (unpaired) electrons. The van der Waals surface area contributed by atoms with Crippen molar-refractivity contribution in [3.63, 3.8) is 0 Å². The Morgan fingerprint density at radius 2 is 0.895 bits per heavy atom. The van der Waals surface area contributed by atoms with Gasteiger partial charge in [0.15, 0.2) is 0 Å². The minimum absolute atomic E-state index is 0.230. The van der Waals surface area contributed by atoms with E-state index in [0.717, 1.165) is 48.2 Å². The monoisotopic (exact) mass is 516 g/mol. The van der Waals surface area contributed by atoms with Crippen LogP contribution in [0.2, 0.25) is 0 Å². The number of unbranched alkanes of at least 4 members (excludes halogenated alkanes) is 8. The molecule has 0 spiro atoms. The van der Waals surface area contributed by atoms with E-state index >= 15 is 0 Å². The topological polar surface area (TPSA) is 98.7 Å². The van der Waals surface area contributed by atoms with Crippen LogP contribution >= 0.6 is 0 Å². The van der Waals surface area contributed by atoms with Crippen molar-refractivity contribution in [3.05, 3.63) is 89.5 Å². The second-order valence-corrected chi connectivity index (χ2v) is 9.96. The van der Waals surface area contributed by atoms with Crippen LogP contribution in [0.5, 0.6) is 17.2 Å². The maximum absolute atomic E-state index is 9.89. The average molecular weight is 517 g/mol. The fourth-order valence-corrected chi connectivity index (χ4v) is 4.86. The van der Waals surface area contributed by atoms with Crippen LogP contribution in [0.3, 0.4) is 0 Å². The van der Waals surface area contributed by atoms with Crippen LogP contribution in [0.4, 0.5) is 0 Å². The fraction of sp³-hybridized carbons (Fsp3) is 0.394. The Kier molecular flexibility index (Phi) is 12.7. The second kappa shape index (κ2) is 16.5. The first kappa shape index (κ1) is 29.3. The first-order chi connectivity index (χ1) is 18.6. The van der Waals surface area contributed by atoms with Crippen molar-refractivity contribution in [1.82, 2.24) is 5.32 Å². The molecule has 0 aliphatic carbocycles. The summed E-state index contributed by atoms with van der Waals surface area (Å²) in [6, 6.07) is 22.0. The molecule has 0 bridgehead atoms. The summed E-state index contributed by atoms with van der Waals surface area (Å²) in [5, 5.41) is 33.0. The lowest BCUT2D eigenvalue weighted by Gasteiger charge is -2.18. The Morgan fingerprint density at radius 3 is 1.34 bits per heavy atom. The number of aromatic hydroxyl groups is 3. The molecule has 0 unspecified atom stereocenters. The highest BCUT2D eigenvalue weighted by Gasteiger charge is 2.15. The molecule has 0 aliphatic heterocycles. The molecule has 0 amide bonds. The number of hydrogen-bond acceptors (Lipinski definition) is 5. The minimum atomic E-state index is 0.230. The summed E-state index contributed by atoms with van der Waals surface area (Å²) in [5.41, 5.74) is 10.9. The first-order valence-electron chi connectivity index (χ1n) is 14.1. The van der Waals surface area contributed by atoms with E-state index in [2.05, 4.69) is 5.32 Å². The molecule has 0 atom stereocenters. The van der Waals surface area contributed by atoms with Gasteiger partial charge in [0.05, 0.1) is 0 Å². The van der Waals surface area contributed by atoms with Crippen molar-refractivity contribution in [2.75, 3.05) is 19.6 Å². The maximum atomic E-state index is 9.89. The van der Waals surface area contributed by atoms with E-state index in [1.807, 2.05) is 36.4 Å². The quantitative estimate of drug-likeness (QED) is 0.0964. The van der Waals surface area contributed by atoms with Crippen molar-refractivity contribution >= 4 is 11.1 Å². The van der Waals surface area contributed by atoms with Gasteiger partial charge in [0.2, 0.25) is 0 Å². The standard InChI is InChI=1S/C33H44N2O3/c34-23-25-35-24-9-7-5-3-1-2-4-6-8-10-32(26-11-17-29(36)18-12-26)33(27-13-19-30(37)20-14-27)28-15-21-31(38)22-16-28/h11-22,35-38H,1-10,23-25,34H2. The summed E-state index contributed by atoms with van der Waals surface area (Å²) in [7, 11) is 0. The molecular formula is C33H44N2O3. The summed E-state index contributed by atoms with van der Waals surface area (Å²) in [6.07, 6.45) is 12.1. The van der Waals surface area contributed by atoms with Gasteiger partial charge < -0.3 is 26.4 Å². The molecule has 0 saturated carbocycles. The first-order valence-corrected chi connectivity index (χ1v) is 14.1. The molecule has 0 saturated heterocycles. The third-order valence-corrected chi connectivity index (χ3v) is 6.93. The summed E-state index contributed by atoms with van der Waals surface area (Å²) in [5.74, 6) is 0.706. The predicted octanol–water partition coefficient (Wildman–Crippen LogP) is 7.21. The van der Waals surface area contributed by atoms with Crippen LogP contribution in [-0.4, -0.2) is 35.0 Å². The molecule has 0 aromatic heterocycles.